The summed E-state index contributed by atoms with van der Waals surface area (Å²) in [7, 11) is 0. The molecule has 0 aromatic carbocycles. The fourth-order valence-corrected chi connectivity index (χ4v) is 2.70. The maximum Gasteiger partial charge on any atom is 0.262 e. The van der Waals surface area contributed by atoms with E-state index in [0.717, 1.165) is 12.8 Å². The molecule has 3 N–H and O–H groups in total. The van der Waals surface area contributed by atoms with E-state index in [9.17, 15) is 14.4 Å². The Kier molecular flexibility index (Phi) is 6.15. The average Bonchev–Trinajstić information content (AvgIpc) is 3.18. The van der Waals surface area contributed by atoms with E-state index in [0.29, 0.717) is 17.3 Å². The molecular formula is C16H23N3O3S. The zero-order valence-electron chi connectivity index (χ0n) is 13.4. The Morgan fingerprint density at radius 3 is 2.57 bits per heavy atom. The molecule has 1 aliphatic rings. The van der Waals surface area contributed by atoms with Crippen LogP contribution in [0.1, 0.15) is 36.4 Å². The predicted molar refractivity (Wildman–Crippen MR) is 89.2 cm³/mol. The van der Waals surface area contributed by atoms with Gasteiger partial charge in [-0.3, -0.25) is 14.4 Å². The molecular weight excluding hydrogens is 314 g/mol. The van der Waals surface area contributed by atoms with Crippen LogP contribution in [0.2, 0.25) is 0 Å². The van der Waals surface area contributed by atoms with E-state index < -0.39 is 6.04 Å². The van der Waals surface area contributed by atoms with E-state index in [2.05, 4.69) is 16.0 Å². The van der Waals surface area contributed by atoms with Crippen molar-refractivity contribution in [3.05, 3.63) is 22.4 Å². The zero-order chi connectivity index (χ0) is 16.8. The van der Waals surface area contributed by atoms with E-state index in [1.165, 1.54) is 11.3 Å². The molecule has 126 valence electrons. The van der Waals surface area contributed by atoms with Gasteiger partial charge in [0.05, 0.1) is 11.4 Å². The molecule has 0 saturated heterocycles. The van der Waals surface area contributed by atoms with Crippen LogP contribution < -0.4 is 16.0 Å². The van der Waals surface area contributed by atoms with E-state index in [-0.39, 0.29) is 30.2 Å². The van der Waals surface area contributed by atoms with Crippen molar-refractivity contribution in [1.29, 1.82) is 0 Å². The first-order valence-corrected chi connectivity index (χ1v) is 8.74. The van der Waals surface area contributed by atoms with Crippen molar-refractivity contribution in [2.24, 2.45) is 11.8 Å². The Hall–Kier alpha value is -1.89. The van der Waals surface area contributed by atoms with E-state index in [4.69, 9.17) is 0 Å². The molecule has 6 nitrogen and oxygen atoms in total. The number of nitrogens with one attached hydrogen (secondary N) is 3. The smallest absolute Gasteiger partial charge is 0.262 e. The Balaban J connectivity index is 1.80. The van der Waals surface area contributed by atoms with Gasteiger partial charge in [-0.05, 0) is 36.1 Å². The van der Waals surface area contributed by atoms with Crippen LogP contribution in [-0.4, -0.2) is 36.9 Å². The highest BCUT2D eigenvalue weighted by molar-refractivity contribution is 7.12. The van der Waals surface area contributed by atoms with Gasteiger partial charge in [0.25, 0.3) is 5.91 Å². The van der Waals surface area contributed by atoms with Gasteiger partial charge >= 0.3 is 0 Å². The number of hydrogen-bond acceptors (Lipinski definition) is 4. The van der Waals surface area contributed by atoms with Crippen molar-refractivity contribution in [3.8, 4) is 0 Å². The first-order valence-electron chi connectivity index (χ1n) is 7.86. The molecule has 2 rings (SSSR count). The minimum Gasteiger partial charge on any atom is -0.354 e. The topological polar surface area (TPSA) is 87.3 Å². The number of carbonyl (C=O) groups is 3. The fourth-order valence-electron chi connectivity index (χ4n) is 2.08. The molecule has 1 unspecified atom stereocenters. The van der Waals surface area contributed by atoms with Crippen molar-refractivity contribution < 1.29 is 14.4 Å². The Morgan fingerprint density at radius 1 is 1.26 bits per heavy atom. The van der Waals surface area contributed by atoms with Crippen LogP contribution in [0.25, 0.3) is 0 Å². The molecule has 1 atom stereocenters. The van der Waals surface area contributed by atoms with Crippen molar-refractivity contribution in [2.45, 2.75) is 32.7 Å². The molecule has 1 aromatic heterocycles. The third kappa shape index (κ3) is 5.67. The van der Waals surface area contributed by atoms with E-state index >= 15 is 0 Å². The summed E-state index contributed by atoms with van der Waals surface area (Å²) in [6, 6.07) is 2.83. The van der Waals surface area contributed by atoms with Crippen molar-refractivity contribution in [3.63, 3.8) is 0 Å². The lowest BCUT2D eigenvalue weighted by Crippen LogP contribution is -2.51. The molecule has 1 fully saturated rings. The van der Waals surface area contributed by atoms with Crippen molar-refractivity contribution >= 4 is 29.1 Å². The molecule has 0 radical (unpaired) electrons. The lowest BCUT2D eigenvalue weighted by Gasteiger charge is -2.21. The highest BCUT2D eigenvalue weighted by atomic mass is 32.1. The summed E-state index contributed by atoms with van der Waals surface area (Å²) in [5.74, 6) is -0.285. The van der Waals surface area contributed by atoms with Gasteiger partial charge in [0.2, 0.25) is 11.8 Å². The summed E-state index contributed by atoms with van der Waals surface area (Å²) in [6.07, 6.45) is 2.33. The van der Waals surface area contributed by atoms with Gasteiger partial charge in [-0.2, -0.15) is 0 Å². The standard InChI is InChI=1S/C16H23N3O3S/c1-10(2)14(19-15(21)12-4-3-7-23-12)16(22)18-9-13(20)17-8-11-5-6-11/h3-4,7,10-11,14H,5-6,8-9H2,1-2H3,(H,17,20)(H,18,22)(H,19,21). The fraction of sp³-hybridized carbons (Fsp3) is 0.562. The second-order valence-corrected chi connectivity index (χ2v) is 7.09. The van der Waals surface area contributed by atoms with Crippen LogP contribution in [0.4, 0.5) is 0 Å². The first kappa shape index (κ1) is 17.5. The maximum atomic E-state index is 12.2. The van der Waals surface area contributed by atoms with Crippen LogP contribution in [-0.2, 0) is 9.59 Å². The highest BCUT2D eigenvalue weighted by Gasteiger charge is 2.26. The number of hydrogen-bond donors (Lipinski definition) is 3. The van der Waals surface area contributed by atoms with Crippen LogP contribution in [0.15, 0.2) is 17.5 Å². The van der Waals surface area contributed by atoms with Crippen LogP contribution in [0, 0.1) is 11.8 Å². The maximum absolute atomic E-state index is 12.2. The molecule has 3 amide bonds. The molecule has 0 bridgehead atoms. The monoisotopic (exact) mass is 337 g/mol. The highest BCUT2D eigenvalue weighted by Crippen LogP contribution is 2.27. The Labute approximate surface area is 140 Å². The van der Waals surface area contributed by atoms with Crippen molar-refractivity contribution in [1.82, 2.24) is 16.0 Å². The number of rotatable bonds is 8. The summed E-state index contributed by atoms with van der Waals surface area (Å²) < 4.78 is 0. The molecule has 1 aliphatic carbocycles. The molecule has 23 heavy (non-hydrogen) atoms. The van der Waals surface area contributed by atoms with Gasteiger partial charge in [0, 0.05) is 6.54 Å². The van der Waals surface area contributed by atoms with E-state index in [1.807, 2.05) is 19.2 Å². The normalized spacial score (nSPS) is 15.1. The average molecular weight is 337 g/mol. The summed E-state index contributed by atoms with van der Waals surface area (Å²) in [5.41, 5.74) is 0. The molecule has 0 spiro atoms. The number of amides is 3. The van der Waals surface area contributed by atoms with Gasteiger partial charge in [0.15, 0.2) is 0 Å². The van der Waals surface area contributed by atoms with Gasteiger partial charge < -0.3 is 16.0 Å². The second kappa shape index (κ2) is 8.10. The van der Waals surface area contributed by atoms with E-state index in [1.54, 1.807) is 12.1 Å². The van der Waals surface area contributed by atoms with Gasteiger partial charge in [-0.15, -0.1) is 11.3 Å². The summed E-state index contributed by atoms with van der Waals surface area (Å²) in [5, 5.41) is 9.93. The minimum absolute atomic E-state index is 0.0658. The van der Waals surface area contributed by atoms with Gasteiger partial charge in [-0.25, -0.2) is 0 Å². The second-order valence-electron chi connectivity index (χ2n) is 6.14. The summed E-state index contributed by atoms with van der Waals surface area (Å²) in [4.78, 5) is 36.6. The molecule has 0 aliphatic heterocycles. The van der Waals surface area contributed by atoms with Crippen LogP contribution >= 0.6 is 11.3 Å². The largest absolute Gasteiger partial charge is 0.354 e. The summed E-state index contributed by atoms with van der Waals surface area (Å²) in [6.45, 7) is 4.32. The molecule has 1 heterocycles. The third-order valence-corrected chi connectivity index (χ3v) is 4.56. The van der Waals surface area contributed by atoms with Gasteiger partial charge in [-0.1, -0.05) is 19.9 Å². The quantitative estimate of drug-likeness (QED) is 0.665. The first-order chi connectivity index (χ1) is 11.0. The molecule has 1 aromatic rings. The SMILES string of the molecule is CC(C)C(NC(=O)c1cccs1)C(=O)NCC(=O)NCC1CC1. The Morgan fingerprint density at radius 2 is 2.00 bits per heavy atom. The van der Waals surface area contributed by atoms with Crippen LogP contribution in [0.3, 0.4) is 0 Å². The Bertz CT molecular complexity index is 553. The lowest BCUT2D eigenvalue weighted by molar-refractivity contribution is -0.127. The van der Waals surface area contributed by atoms with Gasteiger partial charge in [0.1, 0.15) is 6.04 Å². The molecule has 1 saturated carbocycles. The zero-order valence-corrected chi connectivity index (χ0v) is 14.2. The molecule has 7 heteroatoms. The van der Waals surface area contributed by atoms with Crippen molar-refractivity contribution in [2.75, 3.05) is 13.1 Å². The summed E-state index contributed by atoms with van der Waals surface area (Å²) >= 11 is 1.32. The number of thiophene rings is 1. The number of carbonyl (C=O) groups excluding carboxylic acids is 3. The minimum atomic E-state index is -0.666. The lowest BCUT2D eigenvalue weighted by atomic mass is 10.0. The van der Waals surface area contributed by atoms with Crippen LogP contribution in [0.5, 0.6) is 0 Å². The predicted octanol–water partition coefficient (Wildman–Crippen LogP) is 1.14. The third-order valence-electron chi connectivity index (χ3n) is 3.69.